The van der Waals surface area contributed by atoms with Crippen LogP contribution in [0.15, 0.2) is 0 Å². The molecule has 1 saturated heterocycles. The number of nitrogens with two attached hydrogens (primary N) is 1. The zero-order chi connectivity index (χ0) is 18.3. The van der Waals surface area contributed by atoms with Gasteiger partial charge in [0.25, 0.3) is 11.8 Å². The van der Waals surface area contributed by atoms with Crippen molar-refractivity contribution in [2.24, 2.45) is 17.1 Å². The van der Waals surface area contributed by atoms with Crippen LogP contribution in [0.5, 0.6) is 0 Å². The number of ether oxygens (including phenoxy) is 1. The molecule has 0 aromatic carbocycles. The van der Waals surface area contributed by atoms with Crippen molar-refractivity contribution >= 4 is 23.6 Å². The normalized spacial score (nSPS) is 31.3. The number of carbonyl (C=O) groups is 4. The molecule has 0 radical (unpaired) electrons. The molecule has 24 heavy (non-hydrogen) atoms. The minimum Gasteiger partial charge on any atom is -0.459 e. The molecular weight excluding hydrogens is 316 g/mol. The van der Waals surface area contributed by atoms with Crippen LogP contribution in [0.25, 0.3) is 0 Å². The summed E-state index contributed by atoms with van der Waals surface area (Å²) in [7, 11) is 0. The van der Waals surface area contributed by atoms with E-state index in [1.54, 1.807) is 20.8 Å². The third-order valence-electron chi connectivity index (χ3n) is 4.58. The number of imide groups is 1. The van der Waals surface area contributed by atoms with Crippen LogP contribution in [0.4, 0.5) is 0 Å². The van der Waals surface area contributed by atoms with Crippen molar-refractivity contribution in [3.05, 3.63) is 0 Å². The van der Waals surface area contributed by atoms with Crippen molar-refractivity contribution in [3.63, 3.8) is 0 Å². The maximum absolute atomic E-state index is 13.0. The van der Waals surface area contributed by atoms with Crippen LogP contribution < -0.4 is 5.73 Å². The molecule has 3 N–H and O–H groups in total. The summed E-state index contributed by atoms with van der Waals surface area (Å²) in [4.78, 5) is 49.2. The molecule has 2 fully saturated rings. The summed E-state index contributed by atoms with van der Waals surface area (Å²) in [6, 6.07) is -0.122. The smallest absolute Gasteiger partial charge is 0.320 e. The van der Waals surface area contributed by atoms with Crippen molar-refractivity contribution < 1.29 is 29.1 Å². The molecule has 0 bridgehead atoms. The first kappa shape index (κ1) is 18.5. The van der Waals surface area contributed by atoms with Gasteiger partial charge in [-0.3, -0.25) is 24.4 Å². The number of esters is 1. The van der Waals surface area contributed by atoms with Crippen molar-refractivity contribution in [2.75, 3.05) is 0 Å². The highest BCUT2D eigenvalue weighted by Gasteiger charge is 2.56. The topological polar surface area (TPSA) is 127 Å². The van der Waals surface area contributed by atoms with E-state index in [2.05, 4.69) is 0 Å². The highest BCUT2D eigenvalue weighted by molar-refractivity contribution is 6.19. The molecule has 1 aliphatic carbocycles. The Balaban J connectivity index is 2.33. The Kier molecular flexibility index (Phi) is 4.83. The lowest BCUT2D eigenvalue weighted by Gasteiger charge is -2.38. The fourth-order valence-electron chi connectivity index (χ4n) is 3.22. The Bertz CT molecular complexity index is 572. The Hall–Kier alpha value is -1.80. The number of rotatable bonds is 3. The van der Waals surface area contributed by atoms with Crippen LogP contribution in [0, 0.1) is 11.3 Å². The summed E-state index contributed by atoms with van der Waals surface area (Å²) in [6.45, 7) is 5.08. The molecular formula is C16H24N2O6. The van der Waals surface area contributed by atoms with Gasteiger partial charge >= 0.3 is 5.97 Å². The van der Waals surface area contributed by atoms with E-state index in [1.807, 2.05) is 0 Å². The molecule has 1 aliphatic heterocycles. The zero-order valence-electron chi connectivity index (χ0n) is 14.2. The van der Waals surface area contributed by atoms with E-state index >= 15 is 0 Å². The number of hydrogen-bond donors (Lipinski definition) is 2. The van der Waals surface area contributed by atoms with E-state index in [-0.39, 0.29) is 23.9 Å². The molecule has 134 valence electrons. The summed E-state index contributed by atoms with van der Waals surface area (Å²) in [6.07, 6.45) is 0.812. The molecule has 0 spiro atoms. The average Bonchev–Trinajstić information content (AvgIpc) is 2.73. The summed E-state index contributed by atoms with van der Waals surface area (Å²) in [5.74, 6) is -4.51. The maximum atomic E-state index is 13.0. The molecule has 2 aliphatic rings. The van der Waals surface area contributed by atoms with Crippen molar-refractivity contribution in [1.29, 1.82) is 0 Å². The predicted octanol–water partition coefficient (Wildman–Crippen LogP) is 0.549. The molecule has 1 atom stereocenters. The maximum Gasteiger partial charge on any atom is 0.320 e. The van der Waals surface area contributed by atoms with Gasteiger partial charge in [-0.1, -0.05) is 0 Å². The first-order chi connectivity index (χ1) is 11.0. The number of ketones is 1. The van der Waals surface area contributed by atoms with Crippen LogP contribution >= 0.6 is 0 Å². The summed E-state index contributed by atoms with van der Waals surface area (Å²) < 4.78 is 5.41. The van der Waals surface area contributed by atoms with Gasteiger partial charge in [-0.15, -0.1) is 0 Å². The quantitative estimate of drug-likeness (QED) is 0.332. The number of amides is 2. The van der Waals surface area contributed by atoms with Crippen LogP contribution in [0.2, 0.25) is 0 Å². The molecule has 0 aromatic heterocycles. The van der Waals surface area contributed by atoms with E-state index in [0.29, 0.717) is 12.8 Å². The molecule has 8 nitrogen and oxygen atoms in total. The van der Waals surface area contributed by atoms with Gasteiger partial charge in [-0.05, 0) is 46.5 Å². The van der Waals surface area contributed by atoms with Gasteiger partial charge in [-0.25, -0.2) is 0 Å². The van der Waals surface area contributed by atoms with E-state index in [4.69, 9.17) is 10.5 Å². The molecule has 1 heterocycles. The van der Waals surface area contributed by atoms with Gasteiger partial charge in [0.2, 0.25) is 0 Å². The summed E-state index contributed by atoms with van der Waals surface area (Å²) in [5, 5.41) is 9.34. The lowest BCUT2D eigenvalue weighted by atomic mass is 9.66. The van der Waals surface area contributed by atoms with Crippen molar-refractivity contribution in [3.8, 4) is 0 Å². The number of carbonyl (C=O) groups excluding carboxylic acids is 4. The summed E-state index contributed by atoms with van der Waals surface area (Å²) >= 11 is 0. The third kappa shape index (κ3) is 3.34. The van der Waals surface area contributed by atoms with Crippen LogP contribution in [-0.2, 0) is 23.9 Å². The first-order valence-electron chi connectivity index (χ1n) is 8.07. The summed E-state index contributed by atoms with van der Waals surface area (Å²) in [5.41, 5.74) is 3.60. The Morgan fingerprint density at radius 1 is 1.25 bits per heavy atom. The minimum atomic E-state index is -1.49. The Morgan fingerprint density at radius 3 is 2.21 bits per heavy atom. The molecule has 2 rings (SSSR count). The van der Waals surface area contributed by atoms with Crippen LogP contribution in [-0.4, -0.2) is 45.5 Å². The standard InChI is InChI=1S/C16H24N2O6/c1-15(2,3)24-14(22)16(6-4-9(17)5-7-16)12(20)10-8-11(19)18(23)13(10)21/h9-10,23H,4-8,17H2,1-3H3/t9-,10?,16-. The predicted molar refractivity (Wildman–Crippen MR) is 81.5 cm³/mol. The molecule has 0 aromatic rings. The number of hydrogen-bond acceptors (Lipinski definition) is 7. The first-order valence-corrected chi connectivity index (χ1v) is 8.07. The van der Waals surface area contributed by atoms with Crippen LogP contribution in [0.1, 0.15) is 52.9 Å². The second kappa shape index (κ2) is 6.25. The van der Waals surface area contributed by atoms with E-state index in [0.717, 1.165) is 0 Å². The van der Waals surface area contributed by atoms with Crippen molar-refractivity contribution in [2.45, 2.75) is 64.5 Å². The third-order valence-corrected chi connectivity index (χ3v) is 4.58. The van der Waals surface area contributed by atoms with Gasteiger partial charge in [0, 0.05) is 12.5 Å². The fourth-order valence-corrected chi connectivity index (χ4v) is 3.22. The fraction of sp³-hybridized carbons (Fsp3) is 0.750. The number of nitrogens with zero attached hydrogens (tertiary/aromatic N) is 1. The highest BCUT2D eigenvalue weighted by atomic mass is 16.6. The van der Waals surface area contributed by atoms with Crippen molar-refractivity contribution in [1.82, 2.24) is 5.06 Å². The van der Waals surface area contributed by atoms with Gasteiger partial charge in [0.1, 0.15) is 16.9 Å². The molecule has 1 saturated carbocycles. The van der Waals surface area contributed by atoms with Gasteiger partial charge in [-0.2, -0.15) is 5.06 Å². The van der Waals surface area contributed by atoms with E-state index in [9.17, 15) is 24.4 Å². The van der Waals surface area contributed by atoms with Crippen LogP contribution in [0.3, 0.4) is 0 Å². The van der Waals surface area contributed by atoms with Gasteiger partial charge in [0.15, 0.2) is 5.78 Å². The second-order valence-electron chi connectivity index (χ2n) is 7.59. The molecule has 2 amide bonds. The monoisotopic (exact) mass is 340 g/mol. The Morgan fingerprint density at radius 2 is 1.79 bits per heavy atom. The largest absolute Gasteiger partial charge is 0.459 e. The molecule has 1 unspecified atom stereocenters. The van der Waals surface area contributed by atoms with Gasteiger partial charge in [0.05, 0.1) is 0 Å². The lowest BCUT2D eigenvalue weighted by Crippen LogP contribution is -2.51. The SMILES string of the molecule is CC(C)(C)OC(=O)[C@]1(C(=O)C2CC(=O)N(O)C2=O)CC[C@@H](N)CC1. The number of hydroxylamine groups is 2. The lowest BCUT2D eigenvalue weighted by molar-refractivity contribution is -0.176. The highest BCUT2D eigenvalue weighted by Crippen LogP contribution is 2.42. The molecule has 8 heteroatoms. The Labute approximate surface area is 140 Å². The average molecular weight is 340 g/mol. The number of Topliss-reactive ketones (excluding diaryl/α,β-unsaturated/α-hetero) is 1. The van der Waals surface area contributed by atoms with Gasteiger partial charge < -0.3 is 10.5 Å². The zero-order valence-corrected chi connectivity index (χ0v) is 14.2. The van der Waals surface area contributed by atoms with E-state index < -0.39 is 46.9 Å². The minimum absolute atomic E-state index is 0.0417. The van der Waals surface area contributed by atoms with E-state index in [1.165, 1.54) is 0 Å². The second-order valence-corrected chi connectivity index (χ2v) is 7.59.